The topological polar surface area (TPSA) is 75.3 Å². The van der Waals surface area contributed by atoms with Gasteiger partial charge in [-0.2, -0.15) is 0 Å². The molecule has 0 saturated heterocycles. The maximum atomic E-state index is 8.87. The molecule has 0 aliphatic heterocycles. The van der Waals surface area contributed by atoms with E-state index in [1.54, 1.807) is 12.4 Å². The Hall–Kier alpha value is -1.20. The quantitative estimate of drug-likeness (QED) is 0.679. The van der Waals surface area contributed by atoms with Crippen molar-refractivity contribution in [2.75, 3.05) is 24.6 Å². The number of hydrogen-bond acceptors (Lipinski definition) is 5. The molecule has 1 aromatic rings. The summed E-state index contributed by atoms with van der Waals surface area (Å²) in [5.74, 6) is 0.770. The van der Waals surface area contributed by atoms with Crippen LogP contribution in [0, 0.1) is 0 Å². The molecule has 0 aromatic carbocycles. The smallest absolute Gasteiger partial charge is 0.151 e. The summed E-state index contributed by atoms with van der Waals surface area (Å²) >= 11 is 0. The first kappa shape index (κ1) is 10.9. The minimum atomic E-state index is 0.106. The van der Waals surface area contributed by atoms with Crippen LogP contribution in [0.4, 0.5) is 5.82 Å². The van der Waals surface area contributed by atoms with Crippen molar-refractivity contribution < 1.29 is 5.11 Å². The summed E-state index contributed by atoms with van der Waals surface area (Å²) in [6.45, 7) is 3.82. The monoisotopic (exact) mass is 196 g/mol. The van der Waals surface area contributed by atoms with Gasteiger partial charge in [0.15, 0.2) is 5.82 Å². The van der Waals surface area contributed by atoms with Gasteiger partial charge < -0.3 is 15.7 Å². The van der Waals surface area contributed by atoms with Crippen LogP contribution in [0.25, 0.3) is 0 Å². The molecule has 14 heavy (non-hydrogen) atoms. The Morgan fingerprint density at radius 3 is 2.71 bits per heavy atom. The standard InChI is InChI=1S/C9H16N4O/c1-2-13(5-6-14)9-8(7-10)11-3-4-12-9/h3-4,14H,2,5-7,10H2,1H3. The van der Waals surface area contributed by atoms with Crippen molar-refractivity contribution in [3.63, 3.8) is 0 Å². The lowest BCUT2D eigenvalue weighted by molar-refractivity contribution is 0.302. The van der Waals surface area contributed by atoms with E-state index < -0.39 is 0 Å². The van der Waals surface area contributed by atoms with E-state index in [1.807, 2.05) is 11.8 Å². The van der Waals surface area contributed by atoms with Gasteiger partial charge in [-0.25, -0.2) is 4.98 Å². The Kier molecular flexibility index (Phi) is 4.28. The Morgan fingerprint density at radius 1 is 1.43 bits per heavy atom. The fourth-order valence-electron chi connectivity index (χ4n) is 1.30. The van der Waals surface area contributed by atoms with E-state index in [1.165, 1.54) is 0 Å². The summed E-state index contributed by atoms with van der Waals surface area (Å²) in [4.78, 5) is 10.3. The molecule has 1 heterocycles. The first-order chi connectivity index (χ1) is 6.83. The lowest BCUT2D eigenvalue weighted by Gasteiger charge is -2.22. The van der Waals surface area contributed by atoms with Crippen LogP contribution in [0.3, 0.4) is 0 Å². The molecule has 3 N–H and O–H groups in total. The maximum absolute atomic E-state index is 8.87. The summed E-state index contributed by atoms with van der Waals surface area (Å²) in [5, 5.41) is 8.87. The van der Waals surface area contributed by atoms with Crippen molar-refractivity contribution in [2.45, 2.75) is 13.5 Å². The van der Waals surface area contributed by atoms with E-state index in [4.69, 9.17) is 10.8 Å². The van der Waals surface area contributed by atoms with E-state index in [0.29, 0.717) is 13.1 Å². The van der Waals surface area contributed by atoms with E-state index in [0.717, 1.165) is 18.1 Å². The van der Waals surface area contributed by atoms with Crippen LogP contribution in [0.1, 0.15) is 12.6 Å². The molecule has 0 amide bonds. The molecule has 0 unspecified atom stereocenters. The number of aromatic nitrogens is 2. The predicted molar refractivity (Wildman–Crippen MR) is 54.9 cm³/mol. The minimum Gasteiger partial charge on any atom is -0.395 e. The average molecular weight is 196 g/mol. The van der Waals surface area contributed by atoms with Crippen molar-refractivity contribution in [2.24, 2.45) is 5.73 Å². The third-order valence-electron chi connectivity index (χ3n) is 2.00. The molecule has 0 fully saturated rings. The molecule has 5 heteroatoms. The first-order valence-corrected chi connectivity index (χ1v) is 4.69. The second-order valence-corrected chi connectivity index (χ2v) is 2.83. The van der Waals surface area contributed by atoms with Crippen molar-refractivity contribution in [3.8, 4) is 0 Å². The van der Waals surface area contributed by atoms with E-state index in [2.05, 4.69) is 9.97 Å². The van der Waals surface area contributed by atoms with Crippen LogP contribution >= 0.6 is 0 Å². The number of aliphatic hydroxyl groups excluding tert-OH is 1. The lowest BCUT2D eigenvalue weighted by Crippen LogP contribution is -2.29. The largest absolute Gasteiger partial charge is 0.395 e. The Labute approximate surface area is 83.6 Å². The van der Waals surface area contributed by atoms with Gasteiger partial charge in [-0.15, -0.1) is 0 Å². The first-order valence-electron chi connectivity index (χ1n) is 4.69. The van der Waals surface area contributed by atoms with Crippen LogP contribution in [0.15, 0.2) is 12.4 Å². The summed E-state index contributed by atoms with van der Waals surface area (Å²) < 4.78 is 0. The van der Waals surface area contributed by atoms with Crippen LogP contribution in [0.2, 0.25) is 0 Å². The second kappa shape index (κ2) is 5.51. The molecular formula is C9H16N4O. The Balaban J connectivity index is 2.90. The van der Waals surface area contributed by atoms with Crippen LogP contribution in [-0.4, -0.2) is 34.8 Å². The van der Waals surface area contributed by atoms with E-state index in [9.17, 15) is 0 Å². The third kappa shape index (κ3) is 2.40. The van der Waals surface area contributed by atoms with Gasteiger partial charge in [0.25, 0.3) is 0 Å². The molecular weight excluding hydrogens is 180 g/mol. The van der Waals surface area contributed by atoms with Gasteiger partial charge in [-0.05, 0) is 6.92 Å². The highest BCUT2D eigenvalue weighted by Crippen LogP contribution is 2.13. The van der Waals surface area contributed by atoms with Gasteiger partial charge in [0.1, 0.15) is 0 Å². The average Bonchev–Trinajstić information content (AvgIpc) is 2.26. The van der Waals surface area contributed by atoms with Crippen molar-refractivity contribution in [1.82, 2.24) is 9.97 Å². The molecule has 0 atom stereocenters. The van der Waals surface area contributed by atoms with Gasteiger partial charge in [0, 0.05) is 32.0 Å². The molecule has 0 bridgehead atoms. The van der Waals surface area contributed by atoms with Crippen molar-refractivity contribution >= 4 is 5.82 Å². The number of aliphatic hydroxyl groups is 1. The maximum Gasteiger partial charge on any atom is 0.151 e. The zero-order chi connectivity index (χ0) is 10.4. The van der Waals surface area contributed by atoms with Gasteiger partial charge in [0.05, 0.1) is 12.3 Å². The highest BCUT2D eigenvalue weighted by atomic mass is 16.3. The zero-order valence-corrected chi connectivity index (χ0v) is 8.35. The summed E-state index contributed by atoms with van der Waals surface area (Å²) in [5.41, 5.74) is 6.31. The molecule has 1 aromatic heterocycles. The fourth-order valence-corrected chi connectivity index (χ4v) is 1.30. The molecule has 78 valence electrons. The number of nitrogens with zero attached hydrogens (tertiary/aromatic N) is 3. The van der Waals surface area contributed by atoms with Crippen LogP contribution < -0.4 is 10.6 Å². The normalized spacial score (nSPS) is 10.2. The number of anilines is 1. The Morgan fingerprint density at radius 2 is 2.14 bits per heavy atom. The van der Waals surface area contributed by atoms with Gasteiger partial charge in [0.2, 0.25) is 0 Å². The Bertz CT molecular complexity index is 279. The second-order valence-electron chi connectivity index (χ2n) is 2.83. The lowest BCUT2D eigenvalue weighted by atomic mass is 10.3. The third-order valence-corrected chi connectivity index (χ3v) is 2.00. The summed E-state index contributed by atoms with van der Waals surface area (Å²) in [7, 11) is 0. The van der Waals surface area contributed by atoms with Crippen LogP contribution in [0.5, 0.6) is 0 Å². The highest BCUT2D eigenvalue weighted by Gasteiger charge is 2.09. The van der Waals surface area contributed by atoms with E-state index in [-0.39, 0.29) is 6.61 Å². The number of rotatable bonds is 5. The highest BCUT2D eigenvalue weighted by molar-refractivity contribution is 5.42. The molecule has 0 saturated carbocycles. The number of nitrogens with two attached hydrogens (primary N) is 1. The number of hydrogen-bond donors (Lipinski definition) is 2. The summed E-state index contributed by atoms with van der Waals surface area (Å²) in [6, 6.07) is 0. The SMILES string of the molecule is CCN(CCO)c1nccnc1CN. The van der Waals surface area contributed by atoms with Gasteiger partial charge >= 0.3 is 0 Å². The zero-order valence-electron chi connectivity index (χ0n) is 8.35. The van der Waals surface area contributed by atoms with E-state index >= 15 is 0 Å². The fraction of sp³-hybridized carbons (Fsp3) is 0.556. The predicted octanol–water partition coefficient (Wildman–Crippen LogP) is -0.246. The van der Waals surface area contributed by atoms with Crippen molar-refractivity contribution in [3.05, 3.63) is 18.1 Å². The van der Waals surface area contributed by atoms with Gasteiger partial charge in [-0.3, -0.25) is 4.98 Å². The molecule has 0 aliphatic rings. The molecule has 5 nitrogen and oxygen atoms in total. The molecule has 0 aliphatic carbocycles. The summed E-state index contributed by atoms with van der Waals surface area (Å²) in [6.07, 6.45) is 3.26. The number of likely N-dealkylation sites (N-methyl/N-ethyl adjacent to an activating group) is 1. The molecule has 1 rings (SSSR count). The molecule has 0 spiro atoms. The molecule has 0 radical (unpaired) electrons. The van der Waals surface area contributed by atoms with Gasteiger partial charge in [-0.1, -0.05) is 0 Å². The minimum absolute atomic E-state index is 0.106. The van der Waals surface area contributed by atoms with Crippen LogP contribution in [-0.2, 0) is 6.54 Å². The van der Waals surface area contributed by atoms with Crippen molar-refractivity contribution in [1.29, 1.82) is 0 Å².